The molecule has 1 aromatic heterocycles. The first-order chi connectivity index (χ1) is 8.68. The van der Waals surface area contributed by atoms with Gasteiger partial charge in [0.25, 0.3) is 5.56 Å². The molecule has 0 saturated carbocycles. The van der Waals surface area contributed by atoms with Crippen LogP contribution in [-0.2, 0) is 7.05 Å². The van der Waals surface area contributed by atoms with E-state index in [-0.39, 0.29) is 5.56 Å². The molecular formula is C13H22N4O. The molecule has 2 heterocycles. The number of hydrogen-bond donors (Lipinski definition) is 1. The summed E-state index contributed by atoms with van der Waals surface area (Å²) in [4.78, 5) is 18.4. The average molecular weight is 250 g/mol. The van der Waals surface area contributed by atoms with Gasteiger partial charge in [0, 0.05) is 32.0 Å². The lowest BCUT2D eigenvalue weighted by molar-refractivity contribution is 0.180. The van der Waals surface area contributed by atoms with E-state index < -0.39 is 0 Å². The van der Waals surface area contributed by atoms with E-state index in [1.807, 2.05) is 0 Å². The summed E-state index contributed by atoms with van der Waals surface area (Å²) >= 11 is 0. The van der Waals surface area contributed by atoms with Gasteiger partial charge in [0.05, 0.1) is 0 Å². The van der Waals surface area contributed by atoms with Gasteiger partial charge in [-0.15, -0.1) is 0 Å². The second-order valence-electron chi connectivity index (χ2n) is 5.02. The Kier molecular flexibility index (Phi) is 4.36. The van der Waals surface area contributed by atoms with Crippen LogP contribution in [0.2, 0.25) is 0 Å². The standard InChI is InChI=1S/C13H22N4O/c1-11(17-7-4-3-5-8-17)10-15-12-13(18)16(2)9-6-14-12/h6,9,11H,3-5,7-8,10H2,1-2H3,(H,14,15). The van der Waals surface area contributed by atoms with Crippen molar-refractivity contribution in [3.63, 3.8) is 0 Å². The van der Waals surface area contributed by atoms with Crippen LogP contribution in [0.25, 0.3) is 0 Å². The SMILES string of the molecule is CC(CNc1nccn(C)c1=O)N1CCCCC1. The van der Waals surface area contributed by atoms with Crippen LogP contribution < -0.4 is 10.9 Å². The summed E-state index contributed by atoms with van der Waals surface area (Å²) in [5, 5.41) is 3.16. The Balaban J connectivity index is 1.90. The first-order valence-electron chi connectivity index (χ1n) is 6.68. The molecule has 18 heavy (non-hydrogen) atoms. The van der Waals surface area contributed by atoms with Crippen LogP contribution in [0.5, 0.6) is 0 Å². The van der Waals surface area contributed by atoms with E-state index >= 15 is 0 Å². The molecule has 1 N–H and O–H groups in total. The molecule has 100 valence electrons. The lowest BCUT2D eigenvalue weighted by Gasteiger charge is -2.32. The monoisotopic (exact) mass is 250 g/mol. The molecule has 5 nitrogen and oxygen atoms in total. The Morgan fingerprint density at radius 2 is 2.11 bits per heavy atom. The summed E-state index contributed by atoms with van der Waals surface area (Å²) in [5.74, 6) is 0.448. The van der Waals surface area contributed by atoms with Crippen molar-refractivity contribution in [2.24, 2.45) is 7.05 Å². The Hall–Kier alpha value is -1.36. The molecule has 1 fully saturated rings. The van der Waals surface area contributed by atoms with Gasteiger partial charge in [-0.2, -0.15) is 0 Å². The van der Waals surface area contributed by atoms with E-state index in [9.17, 15) is 4.79 Å². The quantitative estimate of drug-likeness (QED) is 0.868. The maximum absolute atomic E-state index is 11.8. The number of anilines is 1. The molecule has 1 saturated heterocycles. The Bertz CT molecular complexity index is 437. The Labute approximate surface area is 108 Å². The van der Waals surface area contributed by atoms with E-state index in [0.717, 1.165) is 6.54 Å². The van der Waals surface area contributed by atoms with E-state index in [0.29, 0.717) is 11.9 Å². The molecule has 5 heteroatoms. The van der Waals surface area contributed by atoms with Gasteiger partial charge in [-0.25, -0.2) is 4.98 Å². The summed E-state index contributed by atoms with van der Waals surface area (Å²) in [6.07, 6.45) is 7.24. The molecule has 0 aliphatic carbocycles. The van der Waals surface area contributed by atoms with Gasteiger partial charge in [-0.05, 0) is 32.9 Å². The number of hydrogen-bond acceptors (Lipinski definition) is 4. The van der Waals surface area contributed by atoms with Gasteiger partial charge in [0.1, 0.15) is 0 Å². The summed E-state index contributed by atoms with van der Waals surface area (Å²) in [5.41, 5.74) is -0.0663. The van der Waals surface area contributed by atoms with Crippen LogP contribution in [0, 0.1) is 0 Å². The Morgan fingerprint density at radius 1 is 1.39 bits per heavy atom. The minimum atomic E-state index is -0.0663. The van der Waals surface area contributed by atoms with Gasteiger partial charge in [0.15, 0.2) is 5.82 Å². The van der Waals surface area contributed by atoms with Gasteiger partial charge in [0.2, 0.25) is 0 Å². The second kappa shape index (κ2) is 6.00. The van der Waals surface area contributed by atoms with Crippen LogP contribution in [0.1, 0.15) is 26.2 Å². The van der Waals surface area contributed by atoms with E-state index in [2.05, 4.69) is 22.1 Å². The van der Waals surface area contributed by atoms with E-state index in [1.54, 1.807) is 24.0 Å². The minimum Gasteiger partial charge on any atom is -0.364 e. The van der Waals surface area contributed by atoms with Crippen molar-refractivity contribution in [3.05, 3.63) is 22.7 Å². The van der Waals surface area contributed by atoms with Crippen LogP contribution in [0.15, 0.2) is 17.2 Å². The third kappa shape index (κ3) is 3.10. The number of aryl methyl sites for hydroxylation is 1. The first kappa shape index (κ1) is 13.1. The fraction of sp³-hybridized carbons (Fsp3) is 0.692. The molecule has 1 unspecified atom stereocenters. The zero-order valence-electron chi connectivity index (χ0n) is 11.2. The highest BCUT2D eigenvalue weighted by Crippen LogP contribution is 2.12. The normalized spacial score (nSPS) is 18.6. The average Bonchev–Trinajstić information content (AvgIpc) is 2.41. The maximum Gasteiger partial charge on any atom is 0.293 e. The largest absolute Gasteiger partial charge is 0.364 e. The number of piperidine rings is 1. The maximum atomic E-state index is 11.8. The van der Waals surface area contributed by atoms with Crippen LogP contribution in [0.3, 0.4) is 0 Å². The molecule has 1 aliphatic heterocycles. The molecule has 1 aliphatic rings. The van der Waals surface area contributed by atoms with Crippen LogP contribution in [-0.4, -0.2) is 40.1 Å². The molecule has 1 atom stereocenters. The van der Waals surface area contributed by atoms with E-state index in [1.165, 1.54) is 32.4 Å². The summed E-state index contributed by atoms with van der Waals surface area (Å²) < 4.78 is 1.54. The highest BCUT2D eigenvalue weighted by molar-refractivity contribution is 5.30. The van der Waals surface area contributed by atoms with Gasteiger partial charge in [-0.3, -0.25) is 9.69 Å². The second-order valence-corrected chi connectivity index (χ2v) is 5.02. The molecule has 0 bridgehead atoms. The minimum absolute atomic E-state index is 0.0663. The summed E-state index contributed by atoms with van der Waals surface area (Å²) in [7, 11) is 1.74. The first-order valence-corrected chi connectivity index (χ1v) is 6.68. The number of nitrogens with zero attached hydrogens (tertiary/aromatic N) is 3. The molecule has 2 rings (SSSR count). The molecule has 0 radical (unpaired) electrons. The van der Waals surface area contributed by atoms with Crippen LogP contribution >= 0.6 is 0 Å². The number of nitrogens with one attached hydrogen (secondary N) is 1. The third-order valence-electron chi connectivity index (χ3n) is 3.60. The van der Waals surface area contributed by atoms with E-state index in [4.69, 9.17) is 0 Å². The van der Waals surface area contributed by atoms with Crippen molar-refractivity contribution in [1.82, 2.24) is 14.5 Å². The number of rotatable bonds is 4. The third-order valence-corrected chi connectivity index (χ3v) is 3.60. The number of aromatic nitrogens is 2. The van der Waals surface area contributed by atoms with Gasteiger partial charge >= 0.3 is 0 Å². The molecular weight excluding hydrogens is 228 g/mol. The topological polar surface area (TPSA) is 50.2 Å². The van der Waals surface area contributed by atoms with Crippen molar-refractivity contribution < 1.29 is 0 Å². The van der Waals surface area contributed by atoms with Crippen molar-refractivity contribution in [3.8, 4) is 0 Å². The number of likely N-dealkylation sites (tertiary alicyclic amines) is 1. The summed E-state index contributed by atoms with van der Waals surface area (Å²) in [6, 6.07) is 0.442. The van der Waals surface area contributed by atoms with Crippen molar-refractivity contribution >= 4 is 5.82 Å². The lowest BCUT2D eigenvalue weighted by Crippen LogP contribution is -2.41. The van der Waals surface area contributed by atoms with Crippen LogP contribution in [0.4, 0.5) is 5.82 Å². The highest BCUT2D eigenvalue weighted by atomic mass is 16.1. The van der Waals surface area contributed by atoms with Gasteiger partial charge in [-0.1, -0.05) is 6.42 Å². The molecule has 0 spiro atoms. The predicted octanol–water partition coefficient (Wildman–Crippen LogP) is 1.07. The fourth-order valence-corrected chi connectivity index (χ4v) is 2.35. The lowest BCUT2D eigenvalue weighted by atomic mass is 10.1. The van der Waals surface area contributed by atoms with Crippen molar-refractivity contribution in [2.45, 2.75) is 32.2 Å². The zero-order chi connectivity index (χ0) is 13.0. The molecule has 1 aromatic rings. The van der Waals surface area contributed by atoms with Gasteiger partial charge < -0.3 is 9.88 Å². The van der Waals surface area contributed by atoms with Crippen molar-refractivity contribution in [2.75, 3.05) is 25.0 Å². The molecule has 0 aromatic carbocycles. The Morgan fingerprint density at radius 3 is 2.83 bits per heavy atom. The highest BCUT2D eigenvalue weighted by Gasteiger charge is 2.16. The molecule has 0 amide bonds. The predicted molar refractivity (Wildman–Crippen MR) is 72.9 cm³/mol. The fourth-order valence-electron chi connectivity index (χ4n) is 2.35. The summed E-state index contributed by atoms with van der Waals surface area (Å²) in [6.45, 7) is 5.31. The smallest absolute Gasteiger partial charge is 0.293 e. The zero-order valence-corrected chi connectivity index (χ0v) is 11.2. The van der Waals surface area contributed by atoms with Crippen molar-refractivity contribution in [1.29, 1.82) is 0 Å².